The summed E-state index contributed by atoms with van der Waals surface area (Å²) in [5, 5.41) is 30.7. The van der Waals surface area contributed by atoms with Crippen LogP contribution in [0.15, 0.2) is 134 Å². The number of unbranched alkanes of at least 4 members (excludes halogenated alkanes) is 4. The Morgan fingerprint density at radius 3 is 1.44 bits per heavy atom. The van der Waals surface area contributed by atoms with Gasteiger partial charge in [0.05, 0.1) is 26.4 Å². The Morgan fingerprint density at radius 1 is 0.576 bits per heavy atom. The molecule has 0 aromatic rings. The van der Waals surface area contributed by atoms with E-state index in [1.54, 1.807) is 0 Å². The van der Waals surface area contributed by atoms with Gasteiger partial charge in [-0.15, -0.1) is 0 Å². The van der Waals surface area contributed by atoms with Gasteiger partial charge in [0.15, 0.2) is 6.29 Å². The van der Waals surface area contributed by atoms with Crippen LogP contribution in [0.25, 0.3) is 0 Å². The number of allylic oxidation sites excluding steroid dienone is 21. The van der Waals surface area contributed by atoms with Crippen LogP contribution in [0, 0.1) is 0 Å². The molecule has 1 fully saturated rings. The fraction of sp³-hybridized carbons (Fsp3) is 0.566. The van der Waals surface area contributed by atoms with Gasteiger partial charge in [0, 0.05) is 6.42 Å². The third-order valence-corrected chi connectivity index (χ3v) is 10.3. The van der Waals surface area contributed by atoms with Crippen LogP contribution in [0.3, 0.4) is 0 Å². The van der Waals surface area contributed by atoms with E-state index in [-0.39, 0.29) is 19.6 Å². The maximum absolute atomic E-state index is 12.9. The van der Waals surface area contributed by atoms with Crippen LogP contribution >= 0.6 is 0 Å². The van der Waals surface area contributed by atoms with Gasteiger partial charge < -0.3 is 34.3 Å². The first kappa shape index (κ1) is 60.3. The number of hydrogen-bond acceptors (Lipinski definition) is 11. The Bertz CT molecular complexity index is 1650. The Kier molecular flexibility index (Phi) is 38.9. The molecular weight excluding hydrogens is 861 g/mol. The molecule has 12 nitrogen and oxygen atoms in total. The first-order valence-corrected chi connectivity index (χ1v) is 25.3. The average Bonchev–Trinajstić information content (AvgIpc) is 3.29. The number of carbonyl (C=O) groups is 1. The van der Waals surface area contributed by atoms with E-state index in [1.807, 2.05) is 12.2 Å². The molecule has 6 atom stereocenters. The van der Waals surface area contributed by atoms with Crippen molar-refractivity contribution in [2.24, 2.45) is 0 Å². The van der Waals surface area contributed by atoms with E-state index >= 15 is 0 Å². The molecule has 1 aliphatic heterocycles. The van der Waals surface area contributed by atoms with Crippen molar-refractivity contribution in [3.63, 3.8) is 0 Å². The third kappa shape index (κ3) is 35.4. The molecule has 1 saturated heterocycles. The highest BCUT2D eigenvalue weighted by molar-refractivity contribution is 7.80. The van der Waals surface area contributed by atoms with Gasteiger partial charge >= 0.3 is 16.4 Å². The van der Waals surface area contributed by atoms with Crippen molar-refractivity contribution in [1.29, 1.82) is 0 Å². The number of aliphatic hydroxyl groups is 3. The molecule has 372 valence electrons. The number of carbonyl (C=O) groups excluding carboxylic acids is 1. The molecule has 1 heterocycles. The van der Waals surface area contributed by atoms with Crippen LogP contribution in [0.1, 0.15) is 129 Å². The topological polar surface area (TPSA) is 178 Å². The standard InChI is InChI=1S/C53H82O12S/c1-3-5-7-9-11-13-15-17-19-21-22-23-24-25-26-27-28-30-32-34-36-38-40-42-49(55)63-47(46-62-53-51(57)52(65-66(58,59)60)50(56)48(44-54)64-53)45-61-43-41-39-37-35-33-31-29-20-18-16-14-12-10-8-6-4-2/h5-8,11-14,17-20,22-23,25-26,28,30-31,33,37,39,47-48,50-54,56-57H,3-4,9-10,15-16,21,24,27,29,32,34-36,38,40-46H2,1-2H3,(H,58,59,60)/b7-5-,8-6-,13-11-,14-12-,19-17-,20-18-,23-22-,26-25-,30-28-,33-31-,39-37-. The summed E-state index contributed by atoms with van der Waals surface area (Å²) in [6.07, 6.45) is 53.6. The first-order chi connectivity index (χ1) is 32.1. The van der Waals surface area contributed by atoms with Crippen molar-refractivity contribution in [3.8, 4) is 0 Å². The number of aliphatic hydroxyl groups excluding tert-OH is 3. The normalized spacial score (nSPS) is 20.7. The first-order valence-electron chi connectivity index (χ1n) is 23.9. The molecule has 6 unspecified atom stereocenters. The predicted octanol–water partition coefficient (Wildman–Crippen LogP) is 10.7. The van der Waals surface area contributed by atoms with Gasteiger partial charge in [-0.1, -0.05) is 160 Å². The summed E-state index contributed by atoms with van der Waals surface area (Å²) < 4.78 is 59.0. The largest absolute Gasteiger partial charge is 0.457 e. The monoisotopic (exact) mass is 943 g/mol. The number of esters is 1. The van der Waals surface area contributed by atoms with Crippen molar-refractivity contribution >= 4 is 16.4 Å². The number of rotatable bonds is 39. The lowest BCUT2D eigenvalue weighted by atomic mass is 9.99. The molecule has 0 saturated carbocycles. The maximum atomic E-state index is 12.9. The molecule has 0 aromatic carbocycles. The molecular formula is C53H82O12S. The van der Waals surface area contributed by atoms with Crippen LogP contribution in [0.2, 0.25) is 0 Å². The lowest BCUT2D eigenvalue weighted by Crippen LogP contribution is -2.60. The van der Waals surface area contributed by atoms with Gasteiger partial charge in [0.1, 0.15) is 30.5 Å². The Morgan fingerprint density at radius 2 is 1.00 bits per heavy atom. The molecule has 13 heteroatoms. The summed E-state index contributed by atoms with van der Waals surface area (Å²) in [6.45, 7) is 3.47. The average molecular weight is 943 g/mol. The molecule has 1 aliphatic rings. The van der Waals surface area contributed by atoms with E-state index < -0.39 is 59.8 Å². The summed E-state index contributed by atoms with van der Waals surface area (Å²) >= 11 is 0. The van der Waals surface area contributed by atoms with Crippen molar-refractivity contribution in [2.45, 2.75) is 166 Å². The van der Waals surface area contributed by atoms with E-state index in [2.05, 4.69) is 140 Å². The summed E-state index contributed by atoms with van der Waals surface area (Å²) in [7, 11) is -5.09. The summed E-state index contributed by atoms with van der Waals surface area (Å²) in [5.41, 5.74) is 0. The van der Waals surface area contributed by atoms with Gasteiger partial charge in [-0.25, -0.2) is 4.18 Å². The summed E-state index contributed by atoms with van der Waals surface area (Å²) in [6, 6.07) is 0. The second kappa shape index (κ2) is 42.6. The third-order valence-electron chi connectivity index (χ3n) is 9.79. The molecule has 66 heavy (non-hydrogen) atoms. The molecule has 4 N–H and O–H groups in total. The van der Waals surface area contributed by atoms with Crippen LogP contribution < -0.4 is 0 Å². The minimum absolute atomic E-state index is 0.0395. The number of ether oxygens (including phenoxy) is 4. The highest BCUT2D eigenvalue weighted by atomic mass is 32.3. The van der Waals surface area contributed by atoms with Crippen molar-refractivity contribution < 1.29 is 56.2 Å². The quantitative estimate of drug-likeness (QED) is 0.0199. The molecule has 0 aliphatic carbocycles. The minimum Gasteiger partial charge on any atom is -0.457 e. The lowest BCUT2D eigenvalue weighted by Gasteiger charge is -2.41. The predicted molar refractivity (Wildman–Crippen MR) is 266 cm³/mol. The van der Waals surface area contributed by atoms with E-state index in [1.165, 1.54) is 0 Å². The Hall–Kier alpha value is -3.76. The van der Waals surface area contributed by atoms with E-state index in [9.17, 15) is 33.1 Å². The Balaban J connectivity index is 2.48. The van der Waals surface area contributed by atoms with Gasteiger partial charge in [-0.2, -0.15) is 8.42 Å². The Labute approximate surface area is 397 Å². The zero-order valence-electron chi connectivity index (χ0n) is 39.7. The molecule has 0 amide bonds. The van der Waals surface area contributed by atoms with Crippen molar-refractivity contribution in [1.82, 2.24) is 0 Å². The van der Waals surface area contributed by atoms with Crippen LogP contribution in [-0.4, -0.2) is 97.5 Å². The number of hydrogen-bond donors (Lipinski definition) is 4. The second-order valence-electron chi connectivity index (χ2n) is 15.6. The van der Waals surface area contributed by atoms with Gasteiger partial charge in [0.2, 0.25) is 0 Å². The van der Waals surface area contributed by atoms with E-state index in [4.69, 9.17) is 18.9 Å². The zero-order chi connectivity index (χ0) is 48.2. The molecule has 0 bridgehead atoms. The lowest BCUT2D eigenvalue weighted by molar-refractivity contribution is -0.301. The maximum Gasteiger partial charge on any atom is 0.397 e. The van der Waals surface area contributed by atoms with Crippen LogP contribution in [0.5, 0.6) is 0 Å². The fourth-order valence-corrected chi connectivity index (χ4v) is 6.78. The van der Waals surface area contributed by atoms with Crippen LogP contribution in [0.4, 0.5) is 0 Å². The van der Waals surface area contributed by atoms with Crippen molar-refractivity contribution in [2.75, 3.05) is 26.4 Å². The summed E-state index contributed by atoms with van der Waals surface area (Å²) in [4.78, 5) is 12.9. The molecule has 1 rings (SSSR count). The molecule has 0 radical (unpaired) electrons. The minimum atomic E-state index is -5.09. The fourth-order valence-electron chi connectivity index (χ4n) is 6.27. The highest BCUT2D eigenvalue weighted by Crippen LogP contribution is 2.26. The highest BCUT2D eigenvalue weighted by Gasteiger charge is 2.48. The van der Waals surface area contributed by atoms with Gasteiger partial charge in [-0.05, 0) is 96.3 Å². The smallest absolute Gasteiger partial charge is 0.397 e. The second-order valence-corrected chi connectivity index (χ2v) is 16.6. The van der Waals surface area contributed by atoms with Gasteiger partial charge in [-0.3, -0.25) is 9.35 Å². The summed E-state index contributed by atoms with van der Waals surface area (Å²) in [5.74, 6) is -0.455. The van der Waals surface area contributed by atoms with E-state index in [0.29, 0.717) is 19.4 Å². The zero-order valence-corrected chi connectivity index (χ0v) is 40.5. The molecule has 0 aromatic heterocycles. The van der Waals surface area contributed by atoms with Crippen molar-refractivity contribution in [3.05, 3.63) is 134 Å². The van der Waals surface area contributed by atoms with Crippen LogP contribution in [-0.2, 0) is 38.3 Å². The van der Waals surface area contributed by atoms with E-state index in [0.717, 1.165) is 96.3 Å². The SMILES string of the molecule is CC/C=C\C/C=C\C/C=C\C/C=C\C/C=C\C/C=C\CCCCCCC(=O)OC(COCC/C=C\C/C=C\C/C=C\C/C=C\C/C=C\CC)COC1OC(CO)C(O)C(OS(=O)(=O)O)C1O. The molecule has 0 spiro atoms. The van der Waals surface area contributed by atoms with Gasteiger partial charge in [0.25, 0.3) is 0 Å².